The molecule has 1 nitrogen and oxygen atoms in total. The van der Waals surface area contributed by atoms with Crippen LogP contribution in [0.25, 0.3) is 0 Å². The highest BCUT2D eigenvalue weighted by molar-refractivity contribution is 6.31. The second-order valence-electron chi connectivity index (χ2n) is 13.4. The highest BCUT2D eigenvalue weighted by atomic mass is 35.5. The van der Waals surface area contributed by atoms with E-state index in [2.05, 4.69) is 96.7 Å². The Hall–Kier alpha value is -2.25. The fraction of sp³-hybridized carbons (Fsp3) is 0.455. The van der Waals surface area contributed by atoms with Crippen LogP contribution < -0.4 is 4.90 Å². The number of rotatable bonds is 3. The van der Waals surface area contributed by atoms with Gasteiger partial charge in [0, 0.05) is 26.2 Å². The van der Waals surface area contributed by atoms with E-state index in [1.54, 1.807) is 12.1 Å². The van der Waals surface area contributed by atoms with Crippen molar-refractivity contribution in [2.45, 2.75) is 96.7 Å². The zero-order chi connectivity index (χ0) is 28.1. The minimum Gasteiger partial charge on any atom is -0.310 e. The Balaban J connectivity index is 1.76. The van der Waals surface area contributed by atoms with Crippen LogP contribution >= 0.6 is 11.6 Å². The van der Waals surface area contributed by atoms with Crippen LogP contribution in [-0.2, 0) is 21.7 Å². The van der Waals surface area contributed by atoms with Gasteiger partial charge in [-0.3, -0.25) is 0 Å². The third-order valence-electron chi connectivity index (χ3n) is 8.35. The first-order valence-electron chi connectivity index (χ1n) is 14.2. The zero-order valence-corrected chi connectivity index (χ0v) is 23.2. The molecule has 0 bridgehead atoms. The molecule has 184 valence electrons. The highest BCUT2D eigenvalue weighted by Gasteiger charge is 2.43. The van der Waals surface area contributed by atoms with Gasteiger partial charge in [0.2, 0.25) is 0 Å². The van der Waals surface area contributed by atoms with Gasteiger partial charge in [-0.05, 0) is 112 Å². The monoisotopic (exact) mass is 488 g/mol. The van der Waals surface area contributed by atoms with Crippen molar-refractivity contribution in [2.24, 2.45) is 0 Å². The molecule has 0 saturated heterocycles. The van der Waals surface area contributed by atoms with E-state index in [0.717, 1.165) is 29.9 Å². The van der Waals surface area contributed by atoms with E-state index in [9.17, 15) is 0 Å². The molecule has 0 aliphatic heterocycles. The molecule has 0 fully saturated rings. The summed E-state index contributed by atoms with van der Waals surface area (Å²) in [5.41, 5.74) is 8.82. The molecule has 0 heterocycles. The van der Waals surface area contributed by atoms with Crippen LogP contribution in [0.5, 0.6) is 0 Å². The van der Waals surface area contributed by atoms with E-state index in [4.69, 9.17) is 15.7 Å². The lowest BCUT2D eigenvalue weighted by molar-refractivity contribution is 0.403. The first-order valence-corrected chi connectivity index (χ1v) is 13.1. The van der Waals surface area contributed by atoms with Gasteiger partial charge < -0.3 is 4.90 Å². The standard InChI is InChI=1S/C33H40ClN/c1-21-14-22(34)16-25(15-21)35(23-10-12-26-28(17-23)32(6,7)19-30(26,2)3)24-11-13-27-29(18-24)33(8,9)20-31(27,4)5/h10-18H,19-20H2,1-9H3/i1D3. The number of benzene rings is 3. The molecule has 0 saturated carbocycles. The van der Waals surface area contributed by atoms with Crippen molar-refractivity contribution in [1.29, 1.82) is 0 Å². The predicted octanol–water partition coefficient (Wildman–Crippen LogP) is 10.0. The Morgan fingerprint density at radius 1 is 0.600 bits per heavy atom. The van der Waals surface area contributed by atoms with Crippen LogP contribution in [0.4, 0.5) is 17.1 Å². The summed E-state index contributed by atoms with van der Waals surface area (Å²) in [5, 5.41) is 0.420. The minimum absolute atomic E-state index is 0.0443. The molecule has 0 amide bonds. The van der Waals surface area contributed by atoms with Crippen molar-refractivity contribution in [3.8, 4) is 0 Å². The molecule has 35 heavy (non-hydrogen) atoms. The van der Waals surface area contributed by atoms with Gasteiger partial charge >= 0.3 is 0 Å². The average Bonchev–Trinajstić information content (AvgIpc) is 3.07. The summed E-state index contributed by atoms with van der Waals surface area (Å²) in [6.45, 7) is 16.3. The van der Waals surface area contributed by atoms with Crippen molar-refractivity contribution in [2.75, 3.05) is 4.90 Å². The summed E-state index contributed by atoms with van der Waals surface area (Å²) in [6.07, 6.45) is 2.17. The number of halogens is 1. The molecule has 2 aliphatic carbocycles. The second-order valence-corrected chi connectivity index (χ2v) is 13.8. The summed E-state index contributed by atoms with van der Waals surface area (Å²) < 4.78 is 24.2. The molecule has 0 unspecified atom stereocenters. The second kappa shape index (κ2) is 7.62. The number of hydrogen-bond donors (Lipinski definition) is 0. The van der Waals surface area contributed by atoms with E-state index >= 15 is 0 Å². The lowest BCUT2D eigenvalue weighted by Gasteiger charge is -2.29. The van der Waals surface area contributed by atoms with Gasteiger partial charge in [0.25, 0.3) is 0 Å². The molecule has 3 aromatic carbocycles. The Labute approximate surface area is 221 Å². The molecule has 2 aliphatic rings. The Bertz CT molecular complexity index is 1350. The summed E-state index contributed by atoms with van der Waals surface area (Å²) in [6, 6.07) is 18.7. The van der Waals surface area contributed by atoms with Gasteiger partial charge in [-0.25, -0.2) is 0 Å². The fourth-order valence-electron chi connectivity index (χ4n) is 7.38. The molecule has 3 aromatic rings. The van der Waals surface area contributed by atoms with Crippen LogP contribution in [0.2, 0.25) is 5.02 Å². The van der Waals surface area contributed by atoms with Gasteiger partial charge in [-0.1, -0.05) is 79.1 Å². The first kappa shape index (κ1) is 20.9. The van der Waals surface area contributed by atoms with Crippen molar-refractivity contribution < 1.29 is 4.11 Å². The lowest BCUT2D eigenvalue weighted by Crippen LogP contribution is -2.18. The topological polar surface area (TPSA) is 3.24 Å². The van der Waals surface area contributed by atoms with Crippen LogP contribution in [0.3, 0.4) is 0 Å². The number of nitrogens with zero attached hydrogens (tertiary/aromatic N) is 1. The normalized spacial score (nSPS) is 22.0. The van der Waals surface area contributed by atoms with Crippen molar-refractivity contribution in [3.63, 3.8) is 0 Å². The Kier molecular flexibility index (Phi) is 4.55. The quantitative estimate of drug-likeness (QED) is 0.354. The molecular formula is C33H40ClN. The maximum Gasteiger partial charge on any atom is 0.0479 e. The SMILES string of the molecule is [2H]C([2H])([2H])c1cc(Cl)cc(N(c2ccc3c(c2)C(C)(C)CC3(C)C)c2ccc3c(c2)C(C)(C)CC3(C)C)c1. The van der Waals surface area contributed by atoms with Gasteiger partial charge in [-0.2, -0.15) is 0 Å². The van der Waals surface area contributed by atoms with Gasteiger partial charge in [0.1, 0.15) is 0 Å². The predicted molar refractivity (Wildman–Crippen MR) is 152 cm³/mol. The highest BCUT2D eigenvalue weighted by Crippen LogP contribution is 2.53. The number of anilines is 3. The van der Waals surface area contributed by atoms with Crippen LogP contribution in [0.15, 0.2) is 54.6 Å². The fourth-order valence-corrected chi connectivity index (χ4v) is 7.61. The lowest BCUT2D eigenvalue weighted by atomic mass is 9.82. The van der Waals surface area contributed by atoms with Crippen molar-refractivity contribution >= 4 is 28.7 Å². The minimum atomic E-state index is -2.25. The smallest absolute Gasteiger partial charge is 0.0479 e. The van der Waals surface area contributed by atoms with Crippen molar-refractivity contribution in [3.05, 3.63) is 87.4 Å². The van der Waals surface area contributed by atoms with Gasteiger partial charge in [-0.15, -0.1) is 0 Å². The number of fused-ring (bicyclic) bond motifs is 2. The largest absolute Gasteiger partial charge is 0.310 e. The Morgan fingerprint density at radius 3 is 1.51 bits per heavy atom. The summed E-state index contributed by atoms with van der Waals surface area (Å²) in [7, 11) is 0. The van der Waals surface area contributed by atoms with Crippen LogP contribution in [-0.4, -0.2) is 0 Å². The first-order chi connectivity index (χ1) is 17.3. The Morgan fingerprint density at radius 2 is 1.06 bits per heavy atom. The van der Waals surface area contributed by atoms with E-state index in [1.807, 2.05) is 6.07 Å². The average molecular weight is 489 g/mol. The molecule has 5 rings (SSSR count). The molecular weight excluding hydrogens is 446 g/mol. The van der Waals surface area contributed by atoms with Gasteiger partial charge in [0.05, 0.1) is 0 Å². The summed E-state index contributed by atoms with van der Waals surface area (Å²) in [4.78, 5) is 2.18. The molecule has 0 N–H and O–H groups in total. The van der Waals surface area contributed by atoms with Crippen LogP contribution in [0, 0.1) is 6.85 Å². The maximum atomic E-state index is 8.06. The molecule has 0 spiro atoms. The molecule has 0 radical (unpaired) electrons. The van der Waals surface area contributed by atoms with Crippen LogP contribution in [0.1, 0.15) is 100 Å². The van der Waals surface area contributed by atoms with Gasteiger partial charge in [0.15, 0.2) is 0 Å². The number of aryl methyl sites for hydroxylation is 1. The maximum absolute atomic E-state index is 8.06. The zero-order valence-electron chi connectivity index (χ0n) is 25.4. The van der Waals surface area contributed by atoms with E-state index in [1.165, 1.54) is 22.3 Å². The van der Waals surface area contributed by atoms with E-state index < -0.39 is 6.85 Å². The van der Waals surface area contributed by atoms with Crippen molar-refractivity contribution in [1.82, 2.24) is 0 Å². The summed E-state index contributed by atoms with van der Waals surface area (Å²) >= 11 is 6.55. The van der Waals surface area contributed by atoms with E-state index in [0.29, 0.717) is 5.02 Å². The molecule has 0 atom stereocenters. The molecule has 2 heteroatoms. The molecule has 0 aromatic heterocycles. The van der Waals surface area contributed by atoms with E-state index in [-0.39, 0.29) is 27.2 Å². The third kappa shape index (κ3) is 4.01. The number of hydrogen-bond acceptors (Lipinski definition) is 1. The third-order valence-corrected chi connectivity index (χ3v) is 8.57. The summed E-state index contributed by atoms with van der Waals surface area (Å²) in [5.74, 6) is 0.